The molecular formula is C11H21N3O2. The molecule has 16 heavy (non-hydrogen) atoms. The number of nitrogens with two attached hydrogens (primary N) is 1. The highest BCUT2D eigenvalue weighted by Crippen LogP contribution is 2.03. The minimum atomic E-state index is -0.371. The SMILES string of the molecule is CCCC(N)=NC(C)C(=O)N1CCOCC1. The van der Waals surface area contributed by atoms with Crippen molar-refractivity contribution in [3.05, 3.63) is 0 Å². The fraction of sp³-hybridized carbons (Fsp3) is 0.818. The third-order valence-corrected chi connectivity index (χ3v) is 2.55. The number of nitrogens with zero attached hydrogens (tertiary/aromatic N) is 2. The molecule has 92 valence electrons. The van der Waals surface area contributed by atoms with Gasteiger partial charge >= 0.3 is 0 Å². The first kappa shape index (κ1) is 13.0. The third kappa shape index (κ3) is 3.81. The monoisotopic (exact) mass is 227 g/mol. The van der Waals surface area contributed by atoms with Gasteiger partial charge in [0, 0.05) is 19.5 Å². The van der Waals surface area contributed by atoms with E-state index in [2.05, 4.69) is 4.99 Å². The van der Waals surface area contributed by atoms with Crippen LogP contribution >= 0.6 is 0 Å². The zero-order valence-corrected chi connectivity index (χ0v) is 10.1. The van der Waals surface area contributed by atoms with Gasteiger partial charge in [0.05, 0.1) is 19.0 Å². The van der Waals surface area contributed by atoms with Crippen LogP contribution in [0.5, 0.6) is 0 Å². The highest BCUT2D eigenvalue weighted by Gasteiger charge is 2.21. The maximum Gasteiger partial charge on any atom is 0.247 e. The van der Waals surface area contributed by atoms with Gasteiger partial charge in [0.1, 0.15) is 6.04 Å². The molecule has 0 aliphatic carbocycles. The zero-order chi connectivity index (χ0) is 12.0. The van der Waals surface area contributed by atoms with E-state index in [0.717, 1.165) is 12.8 Å². The summed E-state index contributed by atoms with van der Waals surface area (Å²) in [4.78, 5) is 17.9. The minimum Gasteiger partial charge on any atom is -0.387 e. The van der Waals surface area contributed by atoms with Crippen LogP contribution in [0.3, 0.4) is 0 Å². The Bertz CT molecular complexity index is 260. The fourth-order valence-corrected chi connectivity index (χ4v) is 1.67. The van der Waals surface area contributed by atoms with Crippen molar-refractivity contribution in [2.75, 3.05) is 26.3 Å². The van der Waals surface area contributed by atoms with Crippen LogP contribution in [-0.2, 0) is 9.53 Å². The highest BCUT2D eigenvalue weighted by atomic mass is 16.5. The predicted octanol–water partition coefficient (Wildman–Crippen LogP) is 0.391. The van der Waals surface area contributed by atoms with Crippen LogP contribution < -0.4 is 5.73 Å². The van der Waals surface area contributed by atoms with Gasteiger partial charge in [-0.15, -0.1) is 0 Å². The molecular weight excluding hydrogens is 206 g/mol. The molecule has 2 N–H and O–H groups in total. The quantitative estimate of drug-likeness (QED) is 0.558. The number of hydrogen-bond acceptors (Lipinski definition) is 3. The lowest BCUT2D eigenvalue weighted by molar-refractivity contribution is -0.136. The number of carbonyl (C=O) groups is 1. The molecule has 1 atom stereocenters. The van der Waals surface area contributed by atoms with E-state index in [9.17, 15) is 4.79 Å². The van der Waals surface area contributed by atoms with Crippen molar-refractivity contribution < 1.29 is 9.53 Å². The molecule has 0 saturated carbocycles. The molecule has 1 rings (SSSR count). The maximum atomic E-state index is 11.9. The molecule has 1 saturated heterocycles. The molecule has 1 unspecified atom stereocenters. The Hall–Kier alpha value is -1.10. The molecule has 1 aliphatic rings. The van der Waals surface area contributed by atoms with Crippen molar-refractivity contribution in [2.24, 2.45) is 10.7 Å². The lowest BCUT2D eigenvalue weighted by atomic mass is 10.2. The number of morpholine rings is 1. The first-order valence-electron chi connectivity index (χ1n) is 5.83. The minimum absolute atomic E-state index is 0.0438. The average Bonchev–Trinajstić information content (AvgIpc) is 2.29. The van der Waals surface area contributed by atoms with Gasteiger partial charge in [-0.05, 0) is 13.3 Å². The summed E-state index contributed by atoms with van der Waals surface area (Å²) < 4.78 is 5.19. The summed E-state index contributed by atoms with van der Waals surface area (Å²) in [5.41, 5.74) is 5.71. The summed E-state index contributed by atoms with van der Waals surface area (Å²) in [6.45, 7) is 6.38. The maximum absolute atomic E-state index is 11.9. The Kier molecular flexibility index (Phi) is 5.25. The smallest absolute Gasteiger partial charge is 0.247 e. The van der Waals surface area contributed by atoms with E-state index in [1.807, 2.05) is 6.92 Å². The molecule has 0 aromatic rings. The van der Waals surface area contributed by atoms with E-state index < -0.39 is 0 Å². The molecule has 1 aliphatic heterocycles. The summed E-state index contributed by atoms with van der Waals surface area (Å²) in [6.07, 6.45) is 1.70. The first-order valence-corrected chi connectivity index (χ1v) is 5.83. The van der Waals surface area contributed by atoms with Gasteiger partial charge in [-0.1, -0.05) is 6.92 Å². The highest BCUT2D eigenvalue weighted by molar-refractivity contribution is 5.87. The summed E-state index contributed by atoms with van der Waals surface area (Å²) in [5.74, 6) is 0.610. The number of amides is 1. The second-order valence-electron chi connectivity index (χ2n) is 3.98. The summed E-state index contributed by atoms with van der Waals surface area (Å²) in [7, 11) is 0. The van der Waals surface area contributed by atoms with Crippen LogP contribution in [0.2, 0.25) is 0 Å². The molecule has 1 fully saturated rings. The lowest BCUT2D eigenvalue weighted by Crippen LogP contribution is -2.44. The molecule has 5 heteroatoms. The van der Waals surface area contributed by atoms with Gasteiger partial charge < -0.3 is 15.4 Å². The standard InChI is InChI=1S/C11H21N3O2/c1-3-4-10(12)13-9(2)11(15)14-5-7-16-8-6-14/h9H,3-8H2,1-2H3,(H2,12,13). The van der Waals surface area contributed by atoms with E-state index in [1.54, 1.807) is 11.8 Å². The Morgan fingerprint density at radius 2 is 2.12 bits per heavy atom. The van der Waals surface area contributed by atoms with E-state index in [4.69, 9.17) is 10.5 Å². The number of carbonyl (C=O) groups excluding carboxylic acids is 1. The second-order valence-corrected chi connectivity index (χ2v) is 3.98. The van der Waals surface area contributed by atoms with E-state index >= 15 is 0 Å². The fourth-order valence-electron chi connectivity index (χ4n) is 1.67. The first-order chi connectivity index (χ1) is 7.65. The van der Waals surface area contributed by atoms with Crippen LogP contribution in [0.1, 0.15) is 26.7 Å². The van der Waals surface area contributed by atoms with Crippen molar-refractivity contribution in [1.82, 2.24) is 4.90 Å². The Labute approximate surface area is 96.7 Å². The van der Waals surface area contributed by atoms with Crippen molar-refractivity contribution in [1.29, 1.82) is 0 Å². The molecule has 1 heterocycles. The van der Waals surface area contributed by atoms with Crippen LogP contribution in [0, 0.1) is 0 Å². The molecule has 1 amide bonds. The molecule has 0 radical (unpaired) electrons. The van der Waals surface area contributed by atoms with Gasteiger partial charge in [0.25, 0.3) is 0 Å². The lowest BCUT2D eigenvalue weighted by Gasteiger charge is -2.28. The molecule has 0 aromatic carbocycles. The Balaban J connectivity index is 2.48. The van der Waals surface area contributed by atoms with E-state index in [0.29, 0.717) is 32.1 Å². The van der Waals surface area contributed by atoms with Crippen molar-refractivity contribution >= 4 is 11.7 Å². The van der Waals surface area contributed by atoms with Crippen molar-refractivity contribution in [3.63, 3.8) is 0 Å². The molecule has 0 aromatic heterocycles. The van der Waals surface area contributed by atoms with Crippen LogP contribution in [0.15, 0.2) is 4.99 Å². The molecule has 5 nitrogen and oxygen atoms in total. The van der Waals surface area contributed by atoms with Gasteiger partial charge in [-0.3, -0.25) is 9.79 Å². The predicted molar refractivity (Wildman–Crippen MR) is 63.4 cm³/mol. The summed E-state index contributed by atoms with van der Waals surface area (Å²) in [5, 5.41) is 0. The number of amidine groups is 1. The number of hydrogen-bond donors (Lipinski definition) is 1. The van der Waals surface area contributed by atoms with Gasteiger partial charge in [-0.25, -0.2) is 0 Å². The van der Waals surface area contributed by atoms with Gasteiger partial charge in [-0.2, -0.15) is 0 Å². The number of rotatable bonds is 4. The van der Waals surface area contributed by atoms with Gasteiger partial charge in [0.2, 0.25) is 5.91 Å². The third-order valence-electron chi connectivity index (χ3n) is 2.55. The van der Waals surface area contributed by atoms with Crippen LogP contribution in [0.25, 0.3) is 0 Å². The number of ether oxygens (including phenoxy) is 1. The average molecular weight is 227 g/mol. The zero-order valence-electron chi connectivity index (χ0n) is 10.1. The van der Waals surface area contributed by atoms with Crippen LogP contribution in [0.4, 0.5) is 0 Å². The van der Waals surface area contributed by atoms with Crippen molar-refractivity contribution in [3.8, 4) is 0 Å². The molecule has 0 spiro atoms. The summed E-state index contributed by atoms with van der Waals surface area (Å²) in [6, 6.07) is -0.371. The van der Waals surface area contributed by atoms with Gasteiger partial charge in [0.15, 0.2) is 0 Å². The van der Waals surface area contributed by atoms with Crippen molar-refractivity contribution in [2.45, 2.75) is 32.7 Å². The Morgan fingerprint density at radius 3 is 2.69 bits per heavy atom. The van der Waals surface area contributed by atoms with Crippen LogP contribution in [-0.4, -0.2) is 49.0 Å². The summed E-state index contributed by atoms with van der Waals surface area (Å²) >= 11 is 0. The van der Waals surface area contributed by atoms with E-state index in [1.165, 1.54) is 0 Å². The normalized spacial score (nSPS) is 19.6. The number of aliphatic imine (C=N–C) groups is 1. The largest absolute Gasteiger partial charge is 0.387 e. The second kappa shape index (κ2) is 6.48. The topological polar surface area (TPSA) is 67.9 Å². The molecule has 0 bridgehead atoms. The Morgan fingerprint density at radius 1 is 1.50 bits per heavy atom. The van der Waals surface area contributed by atoms with E-state index in [-0.39, 0.29) is 11.9 Å².